The van der Waals surface area contributed by atoms with E-state index in [0.29, 0.717) is 6.04 Å². The van der Waals surface area contributed by atoms with E-state index < -0.39 is 0 Å². The maximum absolute atomic E-state index is 5.53. The molecule has 0 spiro atoms. The Morgan fingerprint density at radius 3 is 2.63 bits per heavy atom. The van der Waals surface area contributed by atoms with Crippen molar-refractivity contribution in [2.24, 2.45) is 0 Å². The fourth-order valence-corrected chi connectivity index (χ4v) is 2.75. The zero-order valence-corrected chi connectivity index (χ0v) is 12.6. The van der Waals surface area contributed by atoms with Gasteiger partial charge in [-0.15, -0.1) is 0 Å². The molecule has 0 aliphatic carbocycles. The SMILES string of the molecule is COc1cc(C)c(C)cc1N(C)CC1CCCCN1. The number of nitrogens with zero attached hydrogens (tertiary/aromatic N) is 1. The molecule has 0 bridgehead atoms. The molecule has 3 nitrogen and oxygen atoms in total. The van der Waals surface area contributed by atoms with E-state index in [2.05, 4.69) is 43.2 Å². The third-order valence-electron chi connectivity index (χ3n) is 4.11. The van der Waals surface area contributed by atoms with Gasteiger partial charge in [-0.3, -0.25) is 0 Å². The van der Waals surface area contributed by atoms with Crippen LogP contribution in [-0.2, 0) is 0 Å². The molecule has 0 amide bonds. The van der Waals surface area contributed by atoms with Crippen LogP contribution in [0, 0.1) is 13.8 Å². The summed E-state index contributed by atoms with van der Waals surface area (Å²) in [5.74, 6) is 0.974. The number of hydrogen-bond donors (Lipinski definition) is 1. The maximum Gasteiger partial charge on any atom is 0.142 e. The molecule has 1 aromatic carbocycles. The number of nitrogens with one attached hydrogen (secondary N) is 1. The summed E-state index contributed by atoms with van der Waals surface area (Å²) < 4.78 is 5.53. The van der Waals surface area contributed by atoms with Crippen LogP contribution < -0.4 is 15.0 Å². The first kappa shape index (κ1) is 14.2. The van der Waals surface area contributed by atoms with Gasteiger partial charge in [-0.1, -0.05) is 6.42 Å². The fraction of sp³-hybridized carbons (Fsp3) is 0.625. The van der Waals surface area contributed by atoms with Crippen LogP contribution in [0.4, 0.5) is 5.69 Å². The molecule has 3 heteroatoms. The van der Waals surface area contributed by atoms with Crippen LogP contribution in [0.25, 0.3) is 0 Å². The molecule has 19 heavy (non-hydrogen) atoms. The lowest BCUT2D eigenvalue weighted by Crippen LogP contribution is -2.42. The number of piperidine rings is 1. The lowest BCUT2D eigenvalue weighted by molar-refractivity contribution is 0.397. The van der Waals surface area contributed by atoms with E-state index in [1.54, 1.807) is 7.11 Å². The molecular weight excluding hydrogens is 236 g/mol. The Bertz CT molecular complexity index is 425. The third kappa shape index (κ3) is 3.41. The van der Waals surface area contributed by atoms with E-state index in [9.17, 15) is 0 Å². The minimum absolute atomic E-state index is 0.602. The fourth-order valence-electron chi connectivity index (χ4n) is 2.75. The van der Waals surface area contributed by atoms with Gasteiger partial charge in [-0.05, 0) is 56.5 Å². The van der Waals surface area contributed by atoms with Crippen molar-refractivity contribution in [2.75, 3.05) is 32.1 Å². The summed E-state index contributed by atoms with van der Waals surface area (Å²) in [7, 11) is 3.91. The number of anilines is 1. The number of likely N-dealkylation sites (N-methyl/N-ethyl adjacent to an activating group) is 1. The Kier molecular flexibility index (Phi) is 4.70. The van der Waals surface area contributed by atoms with Gasteiger partial charge in [0, 0.05) is 19.6 Å². The van der Waals surface area contributed by atoms with E-state index in [1.165, 1.54) is 36.1 Å². The summed E-state index contributed by atoms with van der Waals surface area (Å²) in [5, 5.41) is 3.60. The van der Waals surface area contributed by atoms with Gasteiger partial charge >= 0.3 is 0 Å². The van der Waals surface area contributed by atoms with Gasteiger partial charge in [0.25, 0.3) is 0 Å². The molecule has 1 unspecified atom stereocenters. The number of hydrogen-bond acceptors (Lipinski definition) is 3. The van der Waals surface area contributed by atoms with Crippen molar-refractivity contribution in [1.82, 2.24) is 5.32 Å². The van der Waals surface area contributed by atoms with Crippen molar-refractivity contribution in [1.29, 1.82) is 0 Å². The number of aryl methyl sites for hydroxylation is 2. The molecule has 1 fully saturated rings. The summed E-state index contributed by atoms with van der Waals surface area (Å²) in [6.45, 7) is 6.48. The van der Waals surface area contributed by atoms with Gasteiger partial charge in [0.15, 0.2) is 0 Å². The summed E-state index contributed by atoms with van der Waals surface area (Å²) in [4.78, 5) is 2.31. The Labute approximate surface area is 116 Å². The van der Waals surface area contributed by atoms with Crippen molar-refractivity contribution >= 4 is 5.69 Å². The molecule has 1 saturated heterocycles. The molecule has 2 rings (SSSR count). The van der Waals surface area contributed by atoms with Gasteiger partial charge in [-0.25, -0.2) is 0 Å². The van der Waals surface area contributed by atoms with Gasteiger partial charge in [0.2, 0.25) is 0 Å². The smallest absolute Gasteiger partial charge is 0.142 e. The molecular formula is C16H26N2O. The summed E-state index contributed by atoms with van der Waals surface area (Å²) in [6, 6.07) is 4.97. The zero-order chi connectivity index (χ0) is 13.8. The second kappa shape index (κ2) is 6.29. The molecule has 0 saturated carbocycles. The first-order valence-corrected chi connectivity index (χ1v) is 7.21. The van der Waals surface area contributed by atoms with E-state index in [1.807, 2.05) is 0 Å². The normalized spacial score (nSPS) is 19.3. The van der Waals surface area contributed by atoms with Crippen molar-refractivity contribution in [2.45, 2.75) is 39.2 Å². The van der Waals surface area contributed by atoms with Crippen LogP contribution in [-0.4, -0.2) is 33.3 Å². The third-order valence-corrected chi connectivity index (χ3v) is 4.11. The Hall–Kier alpha value is -1.22. The first-order valence-electron chi connectivity index (χ1n) is 7.21. The topological polar surface area (TPSA) is 24.5 Å². The van der Waals surface area contributed by atoms with Gasteiger partial charge in [0.1, 0.15) is 5.75 Å². The van der Waals surface area contributed by atoms with Crippen LogP contribution in [0.5, 0.6) is 5.75 Å². The minimum atomic E-state index is 0.602. The average Bonchev–Trinajstić information content (AvgIpc) is 2.42. The summed E-state index contributed by atoms with van der Waals surface area (Å²) in [5.41, 5.74) is 3.79. The molecule has 1 aliphatic heterocycles. The van der Waals surface area contributed by atoms with E-state index in [-0.39, 0.29) is 0 Å². The Morgan fingerprint density at radius 1 is 1.26 bits per heavy atom. The van der Waals surface area contributed by atoms with Crippen LogP contribution >= 0.6 is 0 Å². The first-order chi connectivity index (χ1) is 9.11. The molecule has 0 radical (unpaired) electrons. The highest BCUT2D eigenvalue weighted by molar-refractivity contribution is 5.61. The predicted octanol–water partition coefficient (Wildman–Crippen LogP) is 2.89. The quantitative estimate of drug-likeness (QED) is 0.903. The van der Waals surface area contributed by atoms with Gasteiger partial charge in [-0.2, -0.15) is 0 Å². The van der Waals surface area contributed by atoms with Crippen molar-refractivity contribution in [3.63, 3.8) is 0 Å². The molecule has 1 N–H and O–H groups in total. The van der Waals surface area contributed by atoms with Gasteiger partial charge < -0.3 is 15.0 Å². The van der Waals surface area contributed by atoms with Crippen molar-refractivity contribution in [3.05, 3.63) is 23.3 Å². The number of methoxy groups -OCH3 is 1. The van der Waals surface area contributed by atoms with E-state index in [4.69, 9.17) is 4.74 Å². The largest absolute Gasteiger partial charge is 0.495 e. The molecule has 106 valence electrons. The van der Waals surface area contributed by atoms with Crippen LogP contribution in [0.15, 0.2) is 12.1 Å². The lowest BCUT2D eigenvalue weighted by atomic mass is 10.0. The van der Waals surface area contributed by atoms with Crippen LogP contribution in [0.3, 0.4) is 0 Å². The average molecular weight is 262 g/mol. The highest BCUT2D eigenvalue weighted by atomic mass is 16.5. The second-order valence-electron chi connectivity index (χ2n) is 5.64. The van der Waals surface area contributed by atoms with Gasteiger partial charge in [0.05, 0.1) is 12.8 Å². The second-order valence-corrected chi connectivity index (χ2v) is 5.64. The summed E-state index contributed by atoms with van der Waals surface area (Å²) >= 11 is 0. The lowest BCUT2D eigenvalue weighted by Gasteiger charge is -2.30. The number of ether oxygens (including phenoxy) is 1. The number of rotatable bonds is 4. The van der Waals surface area contributed by atoms with E-state index >= 15 is 0 Å². The molecule has 1 atom stereocenters. The molecule has 0 aromatic heterocycles. The predicted molar refractivity (Wildman–Crippen MR) is 81.4 cm³/mol. The van der Waals surface area contributed by atoms with Crippen molar-refractivity contribution in [3.8, 4) is 5.75 Å². The molecule has 1 heterocycles. The highest BCUT2D eigenvalue weighted by Gasteiger charge is 2.17. The molecule has 1 aliphatic rings. The Balaban J connectivity index is 2.13. The van der Waals surface area contributed by atoms with Crippen LogP contribution in [0.1, 0.15) is 30.4 Å². The standard InChI is InChI=1S/C16H26N2O/c1-12-9-15(16(19-4)10-13(12)2)18(3)11-14-7-5-6-8-17-14/h9-10,14,17H,5-8,11H2,1-4H3. The van der Waals surface area contributed by atoms with Crippen LogP contribution in [0.2, 0.25) is 0 Å². The van der Waals surface area contributed by atoms with Crippen molar-refractivity contribution < 1.29 is 4.74 Å². The number of benzene rings is 1. The van der Waals surface area contributed by atoms with E-state index in [0.717, 1.165) is 18.8 Å². The minimum Gasteiger partial charge on any atom is -0.495 e. The molecule has 1 aromatic rings. The highest BCUT2D eigenvalue weighted by Crippen LogP contribution is 2.31. The maximum atomic E-state index is 5.53. The monoisotopic (exact) mass is 262 g/mol. The Morgan fingerprint density at radius 2 is 2.00 bits per heavy atom. The zero-order valence-electron chi connectivity index (χ0n) is 12.6. The summed E-state index contributed by atoms with van der Waals surface area (Å²) in [6.07, 6.45) is 3.93.